The third-order valence-electron chi connectivity index (χ3n) is 8.86. The fraction of sp³-hybridized carbons (Fsp3) is 0.457. The second kappa shape index (κ2) is 23.7. The minimum absolute atomic E-state index is 0.138. The van der Waals surface area contributed by atoms with Gasteiger partial charge in [0.2, 0.25) is 0 Å². The molecule has 0 atom stereocenters. The first kappa shape index (κ1) is 50.4. The number of hydrogen-bond donors (Lipinski definition) is 0. The number of benzene rings is 4. The molecule has 58 heavy (non-hydrogen) atoms. The van der Waals surface area contributed by atoms with Crippen molar-refractivity contribution < 1.29 is 40.8 Å². The SMILES string of the molecule is CCO[Si](C)(C)Oc1ccc(C(C)(C)c2ccc(O[Si](OCC)(OCC)OCC)cc2)cc1.COc1ccc(C(C)(C)c2ccc(OC(C)=O)cc2)cc1.C[SiH](C)C. The van der Waals surface area contributed by atoms with Crippen molar-refractivity contribution >= 4 is 32.4 Å². The van der Waals surface area contributed by atoms with Gasteiger partial charge in [0.05, 0.1) is 7.11 Å². The maximum Gasteiger partial charge on any atom is 0.749 e. The van der Waals surface area contributed by atoms with E-state index >= 15 is 0 Å². The topological polar surface area (TPSA) is 90.9 Å². The molecule has 4 rings (SSSR count). The molecule has 0 saturated carbocycles. The Hall–Kier alpha value is -3.76. The molecule has 0 aliphatic heterocycles. The van der Waals surface area contributed by atoms with Gasteiger partial charge >= 0.3 is 23.6 Å². The molecule has 0 unspecified atom stereocenters. The van der Waals surface area contributed by atoms with Crippen molar-refractivity contribution in [3.8, 4) is 23.0 Å². The molecule has 0 N–H and O–H groups in total. The highest BCUT2D eigenvalue weighted by molar-refractivity contribution is 6.65. The first-order valence-electron chi connectivity index (χ1n) is 20.4. The van der Waals surface area contributed by atoms with E-state index in [1.165, 1.54) is 23.6 Å². The number of rotatable bonds is 18. The van der Waals surface area contributed by atoms with Gasteiger partial charge in [0, 0.05) is 53.0 Å². The third-order valence-corrected chi connectivity index (χ3v) is 13.0. The lowest BCUT2D eigenvalue weighted by Crippen LogP contribution is -2.52. The normalized spacial score (nSPS) is 11.8. The van der Waals surface area contributed by atoms with Crippen LogP contribution < -0.4 is 18.3 Å². The van der Waals surface area contributed by atoms with E-state index in [1.54, 1.807) is 7.11 Å². The number of esters is 1. The van der Waals surface area contributed by atoms with E-state index in [0.29, 0.717) is 37.9 Å². The Balaban J connectivity index is 0.000000395. The zero-order chi connectivity index (χ0) is 43.6. The Morgan fingerprint density at radius 3 is 1.10 bits per heavy atom. The molecule has 12 heteroatoms. The van der Waals surface area contributed by atoms with Gasteiger partial charge in [-0.3, -0.25) is 4.79 Å². The highest BCUT2D eigenvalue weighted by Crippen LogP contribution is 2.35. The van der Waals surface area contributed by atoms with Crippen molar-refractivity contribution in [2.24, 2.45) is 0 Å². The molecule has 0 aliphatic rings. The highest BCUT2D eigenvalue weighted by atomic mass is 28.4. The van der Waals surface area contributed by atoms with Crippen molar-refractivity contribution in [2.75, 3.05) is 33.5 Å². The summed E-state index contributed by atoms with van der Waals surface area (Å²) in [7, 11) is -3.85. The van der Waals surface area contributed by atoms with Gasteiger partial charge in [0.25, 0.3) is 0 Å². The van der Waals surface area contributed by atoms with E-state index in [4.69, 9.17) is 36.0 Å². The second-order valence-corrected chi connectivity index (χ2v) is 24.5. The van der Waals surface area contributed by atoms with Crippen LogP contribution in [0.1, 0.15) is 84.6 Å². The molecule has 0 aliphatic carbocycles. The maximum atomic E-state index is 10.9. The van der Waals surface area contributed by atoms with E-state index in [0.717, 1.165) is 17.1 Å². The van der Waals surface area contributed by atoms with Gasteiger partial charge in [-0.1, -0.05) is 95.9 Å². The smallest absolute Gasteiger partial charge is 0.520 e. The van der Waals surface area contributed by atoms with Gasteiger partial charge in [0.15, 0.2) is 0 Å². The molecule has 0 saturated heterocycles. The first-order chi connectivity index (χ1) is 27.3. The van der Waals surface area contributed by atoms with Gasteiger partial charge in [-0.25, -0.2) is 0 Å². The fourth-order valence-corrected chi connectivity index (χ4v) is 9.24. The number of carbonyl (C=O) groups excluding carboxylic acids is 1. The summed E-state index contributed by atoms with van der Waals surface area (Å²) in [6.07, 6.45) is 0. The Morgan fingerprint density at radius 2 is 0.810 bits per heavy atom. The lowest BCUT2D eigenvalue weighted by molar-refractivity contribution is -0.131. The highest BCUT2D eigenvalue weighted by Gasteiger charge is 2.47. The zero-order valence-electron chi connectivity index (χ0n) is 37.8. The van der Waals surface area contributed by atoms with Gasteiger partial charge in [-0.15, -0.1) is 0 Å². The lowest BCUT2D eigenvalue weighted by atomic mass is 9.78. The van der Waals surface area contributed by atoms with Gasteiger partial charge in [-0.05, 0) is 112 Å². The Kier molecular flexibility index (Phi) is 20.6. The summed E-state index contributed by atoms with van der Waals surface area (Å²) in [5.41, 5.74) is 4.39. The van der Waals surface area contributed by atoms with Crippen LogP contribution in [0.2, 0.25) is 32.7 Å². The summed E-state index contributed by atoms with van der Waals surface area (Å²) in [4.78, 5) is 10.9. The van der Waals surface area contributed by atoms with Crippen LogP contribution in [0.15, 0.2) is 97.1 Å². The molecule has 4 aromatic rings. The van der Waals surface area contributed by atoms with Crippen molar-refractivity contribution in [1.82, 2.24) is 0 Å². The molecule has 0 heterocycles. The Labute approximate surface area is 353 Å². The molecule has 0 amide bonds. The standard InChI is InChI=1S/C25H40O6Si2.C18H20O3.C3H10Si/c1-9-26-32(7,8)30-23-17-13-21(14-18-23)25(5,6)22-15-19-24(20-16-22)31-33(27-10-2,28-11-3)29-12-4;1-13(19)21-17-11-7-15(8-12-17)18(2,3)14-5-9-16(20-4)10-6-14;1-4(2)3/h13-20H,9-12H2,1-8H3;5-12H,1-4H3;4H,1-3H3. The predicted octanol–water partition coefficient (Wildman–Crippen LogP) is 11.1. The molecular weight excluding hydrogens is 781 g/mol. The first-order valence-corrected chi connectivity index (χ1v) is 28.3. The predicted molar refractivity (Wildman–Crippen MR) is 244 cm³/mol. The minimum atomic E-state index is -3.22. The molecular formula is C46H70O9Si3. The van der Waals surface area contributed by atoms with Crippen LogP contribution in [0.5, 0.6) is 23.0 Å². The largest absolute Gasteiger partial charge is 0.749 e. The quantitative estimate of drug-likeness (QED) is 0.0551. The van der Waals surface area contributed by atoms with Gasteiger partial charge < -0.3 is 36.0 Å². The second-order valence-electron chi connectivity index (χ2n) is 15.7. The number of ether oxygens (including phenoxy) is 2. The van der Waals surface area contributed by atoms with Crippen LogP contribution in [0.3, 0.4) is 0 Å². The van der Waals surface area contributed by atoms with E-state index in [-0.39, 0.29) is 25.6 Å². The zero-order valence-corrected chi connectivity index (χ0v) is 41.0. The van der Waals surface area contributed by atoms with Crippen LogP contribution in [0.4, 0.5) is 0 Å². The third kappa shape index (κ3) is 16.1. The molecule has 0 fully saturated rings. The molecule has 0 spiro atoms. The van der Waals surface area contributed by atoms with Crippen LogP contribution >= 0.6 is 0 Å². The summed E-state index contributed by atoms with van der Waals surface area (Å²) in [5, 5.41) is 0. The fourth-order valence-electron chi connectivity index (χ4n) is 5.87. The Bertz CT molecular complexity index is 1740. The van der Waals surface area contributed by atoms with E-state index < -0.39 is 17.6 Å². The molecule has 320 valence electrons. The Morgan fingerprint density at radius 1 is 0.517 bits per heavy atom. The van der Waals surface area contributed by atoms with E-state index in [1.807, 2.05) is 88.4 Å². The van der Waals surface area contributed by atoms with Crippen molar-refractivity contribution in [3.05, 3.63) is 119 Å². The number of methoxy groups -OCH3 is 1. The summed E-state index contributed by atoms with van der Waals surface area (Å²) < 4.78 is 45.6. The molecule has 0 radical (unpaired) electrons. The summed E-state index contributed by atoms with van der Waals surface area (Å²) in [5.74, 6) is 2.62. The van der Waals surface area contributed by atoms with Crippen molar-refractivity contribution in [1.29, 1.82) is 0 Å². The van der Waals surface area contributed by atoms with Crippen molar-refractivity contribution in [3.63, 3.8) is 0 Å². The van der Waals surface area contributed by atoms with Crippen LogP contribution in [-0.2, 0) is 33.3 Å². The van der Waals surface area contributed by atoms with E-state index in [9.17, 15) is 4.79 Å². The number of carbonyl (C=O) groups is 1. The summed E-state index contributed by atoms with van der Waals surface area (Å²) in [6.45, 7) is 30.9. The number of hydrogen-bond acceptors (Lipinski definition) is 9. The molecule has 0 aromatic heterocycles. The van der Waals surface area contributed by atoms with E-state index in [2.05, 4.69) is 96.8 Å². The average molecular weight is 851 g/mol. The molecule has 4 aromatic carbocycles. The maximum absolute atomic E-state index is 10.9. The minimum Gasteiger partial charge on any atom is -0.520 e. The molecule has 0 bridgehead atoms. The van der Waals surface area contributed by atoms with Gasteiger partial charge in [-0.2, -0.15) is 0 Å². The molecule has 9 nitrogen and oxygen atoms in total. The summed E-state index contributed by atoms with van der Waals surface area (Å²) >= 11 is 0. The van der Waals surface area contributed by atoms with Crippen LogP contribution in [0, 0.1) is 0 Å². The summed E-state index contributed by atoms with van der Waals surface area (Å²) in [6, 6.07) is 32.0. The van der Waals surface area contributed by atoms with Gasteiger partial charge in [0.1, 0.15) is 23.0 Å². The van der Waals surface area contributed by atoms with Crippen molar-refractivity contribution in [2.45, 2.75) is 106 Å². The lowest BCUT2D eigenvalue weighted by Gasteiger charge is -2.29. The van der Waals surface area contributed by atoms with Crippen LogP contribution in [-0.4, -0.2) is 65.9 Å². The average Bonchev–Trinajstić information content (AvgIpc) is 3.15. The monoisotopic (exact) mass is 850 g/mol. The van der Waals surface area contributed by atoms with Crippen LogP contribution in [0.25, 0.3) is 0 Å².